The van der Waals surface area contributed by atoms with Crippen LogP contribution < -0.4 is 10.9 Å². The molecule has 0 atom stereocenters. The summed E-state index contributed by atoms with van der Waals surface area (Å²) < 4.78 is 2.60. The van der Waals surface area contributed by atoms with Gasteiger partial charge < -0.3 is 5.32 Å². The standard InChI is InChI=1S/C23H19BrN4O2/c1-2-28-21-19(4-3-13-25-21)27-20(23(28)30)16-7-9-17(10-8-16)22(29)26-14-15-5-11-18(24)12-6-15/h3-13H,2,14H2,1H3,(H,26,29). The zero-order valence-electron chi connectivity index (χ0n) is 16.3. The lowest BCUT2D eigenvalue weighted by Gasteiger charge is -2.10. The van der Waals surface area contributed by atoms with Crippen LogP contribution in [-0.2, 0) is 13.1 Å². The number of carbonyl (C=O) groups is 1. The quantitative estimate of drug-likeness (QED) is 0.482. The maximum atomic E-state index is 12.9. The lowest BCUT2D eigenvalue weighted by atomic mass is 10.1. The van der Waals surface area contributed by atoms with Gasteiger partial charge in [0.15, 0.2) is 5.65 Å². The van der Waals surface area contributed by atoms with Crippen LogP contribution in [0.2, 0.25) is 0 Å². The molecule has 1 amide bonds. The number of aryl methyl sites for hydroxylation is 1. The molecular weight excluding hydrogens is 444 g/mol. The second kappa shape index (κ2) is 8.59. The highest BCUT2D eigenvalue weighted by Crippen LogP contribution is 2.18. The Morgan fingerprint density at radius 1 is 1.07 bits per heavy atom. The number of halogens is 1. The van der Waals surface area contributed by atoms with Crippen LogP contribution in [0.3, 0.4) is 0 Å². The van der Waals surface area contributed by atoms with Crippen molar-refractivity contribution in [2.24, 2.45) is 0 Å². The molecule has 0 unspecified atom stereocenters. The van der Waals surface area contributed by atoms with E-state index in [4.69, 9.17) is 0 Å². The molecule has 2 aromatic heterocycles. The van der Waals surface area contributed by atoms with Crippen LogP contribution in [-0.4, -0.2) is 20.4 Å². The van der Waals surface area contributed by atoms with Crippen molar-refractivity contribution in [3.05, 3.63) is 92.8 Å². The fourth-order valence-electron chi connectivity index (χ4n) is 3.22. The smallest absolute Gasteiger partial charge is 0.278 e. The Hall–Kier alpha value is -3.32. The topological polar surface area (TPSA) is 76.9 Å². The fraction of sp³-hybridized carbons (Fsp3) is 0.130. The van der Waals surface area contributed by atoms with Gasteiger partial charge in [0.05, 0.1) is 0 Å². The lowest BCUT2D eigenvalue weighted by molar-refractivity contribution is 0.0951. The van der Waals surface area contributed by atoms with Crippen LogP contribution in [0.4, 0.5) is 0 Å². The van der Waals surface area contributed by atoms with Gasteiger partial charge in [-0.2, -0.15) is 0 Å². The summed E-state index contributed by atoms with van der Waals surface area (Å²) in [7, 11) is 0. The van der Waals surface area contributed by atoms with Gasteiger partial charge in [0.1, 0.15) is 11.2 Å². The molecule has 0 aliphatic heterocycles. The fourth-order valence-corrected chi connectivity index (χ4v) is 3.49. The highest BCUT2D eigenvalue weighted by molar-refractivity contribution is 9.10. The zero-order valence-corrected chi connectivity index (χ0v) is 17.9. The number of benzene rings is 2. The summed E-state index contributed by atoms with van der Waals surface area (Å²) in [6, 6.07) is 18.3. The number of nitrogens with zero attached hydrogens (tertiary/aromatic N) is 3. The maximum absolute atomic E-state index is 12.9. The predicted octanol–water partition coefficient (Wildman–Crippen LogP) is 4.17. The third-order valence-corrected chi connectivity index (χ3v) is 5.33. The first-order valence-electron chi connectivity index (χ1n) is 9.55. The number of pyridine rings is 1. The average molecular weight is 463 g/mol. The number of hydrogen-bond acceptors (Lipinski definition) is 4. The Labute approximate surface area is 181 Å². The number of hydrogen-bond donors (Lipinski definition) is 1. The molecule has 0 aliphatic carbocycles. The van der Waals surface area contributed by atoms with Crippen LogP contribution in [0.1, 0.15) is 22.8 Å². The summed E-state index contributed by atoms with van der Waals surface area (Å²) in [5, 5.41) is 2.90. The minimum absolute atomic E-state index is 0.175. The molecule has 0 radical (unpaired) electrons. The summed E-state index contributed by atoms with van der Waals surface area (Å²) in [6.07, 6.45) is 1.65. The first-order chi connectivity index (χ1) is 14.6. The lowest BCUT2D eigenvalue weighted by Crippen LogP contribution is -2.24. The molecule has 4 aromatic rings. The van der Waals surface area contributed by atoms with E-state index in [2.05, 4.69) is 31.2 Å². The Morgan fingerprint density at radius 3 is 2.50 bits per heavy atom. The summed E-state index contributed by atoms with van der Waals surface area (Å²) >= 11 is 3.40. The largest absolute Gasteiger partial charge is 0.348 e. The van der Waals surface area contributed by atoms with E-state index >= 15 is 0 Å². The summed E-state index contributed by atoms with van der Waals surface area (Å²) in [6.45, 7) is 2.84. The number of nitrogens with one attached hydrogen (secondary N) is 1. The van der Waals surface area contributed by atoms with E-state index in [9.17, 15) is 9.59 Å². The van der Waals surface area contributed by atoms with Gasteiger partial charge in [0.2, 0.25) is 0 Å². The molecule has 0 saturated carbocycles. The van der Waals surface area contributed by atoms with E-state index < -0.39 is 0 Å². The second-order valence-electron chi connectivity index (χ2n) is 6.74. The summed E-state index contributed by atoms with van der Waals surface area (Å²) in [4.78, 5) is 34.2. The Morgan fingerprint density at radius 2 is 1.80 bits per heavy atom. The van der Waals surface area contributed by atoms with E-state index in [1.54, 1.807) is 41.1 Å². The first kappa shape index (κ1) is 20.0. The van der Waals surface area contributed by atoms with E-state index in [1.165, 1.54) is 0 Å². The second-order valence-corrected chi connectivity index (χ2v) is 7.66. The van der Waals surface area contributed by atoms with Crippen molar-refractivity contribution in [3.63, 3.8) is 0 Å². The molecule has 6 nitrogen and oxygen atoms in total. The molecule has 150 valence electrons. The average Bonchev–Trinajstić information content (AvgIpc) is 2.78. The number of fused-ring (bicyclic) bond motifs is 1. The third-order valence-electron chi connectivity index (χ3n) is 4.80. The number of aromatic nitrogens is 3. The summed E-state index contributed by atoms with van der Waals surface area (Å²) in [5.74, 6) is -0.175. The third kappa shape index (κ3) is 4.02. The van der Waals surface area contributed by atoms with Gasteiger partial charge in [0, 0.05) is 34.9 Å². The molecule has 1 N–H and O–H groups in total. The van der Waals surface area contributed by atoms with Crippen LogP contribution in [0, 0.1) is 0 Å². The van der Waals surface area contributed by atoms with Crippen LogP contribution in [0.25, 0.3) is 22.4 Å². The minimum Gasteiger partial charge on any atom is -0.348 e. The number of carbonyl (C=O) groups excluding carboxylic acids is 1. The molecular formula is C23H19BrN4O2. The van der Waals surface area contributed by atoms with Crippen molar-refractivity contribution >= 4 is 33.0 Å². The minimum atomic E-state index is -0.198. The first-order valence-corrected chi connectivity index (χ1v) is 10.3. The molecule has 0 bridgehead atoms. The van der Waals surface area contributed by atoms with E-state index in [1.807, 2.05) is 37.3 Å². The van der Waals surface area contributed by atoms with Crippen molar-refractivity contribution in [2.45, 2.75) is 20.0 Å². The van der Waals surface area contributed by atoms with Crippen molar-refractivity contribution in [3.8, 4) is 11.3 Å². The Bertz CT molecular complexity index is 1270. The normalized spacial score (nSPS) is 10.9. The van der Waals surface area contributed by atoms with E-state index in [-0.39, 0.29) is 11.5 Å². The molecule has 0 fully saturated rings. The van der Waals surface area contributed by atoms with Gasteiger partial charge in [0.25, 0.3) is 11.5 Å². The molecule has 4 rings (SSSR count). The zero-order chi connectivity index (χ0) is 21.1. The molecule has 30 heavy (non-hydrogen) atoms. The highest BCUT2D eigenvalue weighted by atomic mass is 79.9. The van der Waals surface area contributed by atoms with Crippen molar-refractivity contribution < 1.29 is 4.79 Å². The molecule has 2 aromatic carbocycles. The molecule has 0 spiro atoms. The molecule has 7 heteroatoms. The Kier molecular flexibility index (Phi) is 5.72. The van der Waals surface area contributed by atoms with Gasteiger partial charge in [-0.05, 0) is 48.9 Å². The van der Waals surface area contributed by atoms with E-state index in [0.29, 0.717) is 41.1 Å². The van der Waals surface area contributed by atoms with Crippen LogP contribution in [0.5, 0.6) is 0 Å². The number of amides is 1. The van der Waals surface area contributed by atoms with Crippen LogP contribution >= 0.6 is 15.9 Å². The van der Waals surface area contributed by atoms with Gasteiger partial charge >= 0.3 is 0 Å². The van der Waals surface area contributed by atoms with Gasteiger partial charge in [-0.3, -0.25) is 14.2 Å². The summed E-state index contributed by atoms with van der Waals surface area (Å²) in [5.41, 5.74) is 3.57. The monoisotopic (exact) mass is 462 g/mol. The predicted molar refractivity (Wildman–Crippen MR) is 120 cm³/mol. The van der Waals surface area contributed by atoms with Crippen LogP contribution in [0.15, 0.2) is 76.1 Å². The Balaban J connectivity index is 1.57. The van der Waals surface area contributed by atoms with Gasteiger partial charge in [-0.15, -0.1) is 0 Å². The van der Waals surface area contributed by atoms with E-state index in [0.717, 1.165) is 10.0 Å². The maximum Gasteiger partial charge on any atom is 0.278 e. The molecule has 0 aliphatic rings. The van der Waals surface area contributed by atoms with Crippen molar-refractivity contribution in [1.29, 1.82) is 0 Å². The number of rotatable bonds is 5. The molecule has 2 heterocycles. The van der Waals surface area contributed by atoms with Gasteiger partial charge in [-0.25, -0.2) is 9.97 Å². The van der Waals surface area contributed by atoms with Gasteiger partial charge in [-0.1, -0.05) is 40.2 Å². The SMILES string of the molecule is CCn1c(=O)c(-c2ccc(C(=O)NCc3ccc(Br)cc3)cc2)nc2cccnc21. The van der Waals surface area contributed by atoms with Crippen molar-refractivity contribution in [1.82, 2.24) is 19.9 Å². The highest BCUT2D eigenvalue weighted by Gasteiger charge is 2.13. The molecule has 0 saturated heterocycles. The van der Waals surface area contributed by atoms with Crippen molar-refractivity contribution in [2.75, 3.05) is 0 Å².